The highest BCUT2D eigenvalue weighted by Gasteiger charge is 2.41. The van der Waals surface area contributed by atoms with E-state index in [2.05, 4.69) is 25.4 Å². The van der Waals surface area contributed by atoms with E-state index in [1.807, 2.05) is 0 Å². The molecule has 3 fully saturated rings. The van der Waals surface area contributed by atoms with Gasteiger partial charge in [0.05, 0.1) is 5.69 Å². The smallest absolute Gasteiger partial charge is 0.281 e. The Morgan fingerprint density at radius 3 is 2.58 bits per heavy atom. The number of likely N-dealkylation sites (tertiary alicyclic amines) is 1. The van der Waals surface area contributed by atoms with Gasteiger partial charge >= 0.3 is 0 Å². The molecule has 2 aliphatic heterocycles. The zero-order valence-corrected chi connectivity index (χ0v) is 17.4. The number of rotatable bonds is 6. The average Bonchev–Trinajstić information content (AvgIpc) is 3.39. The zero-order chi connectivity index (χ0) is 23.0. The summed E-state index contributed by atoms with van der Waals surface area (Å²) in [5, 5.41) is 11.8. The average molecular weight is 432 g/mol. The predicted octanol–water partition coefficient (Wildman–Crippen LogP) is 4.03. The zero-order valence-electron chi connectivity index (χ0n) is 19.4. The van der Waals surface area contributed by atoms with Gasteiger partial charge in [-0.3, -0.25) is 4.98 Å². The van der Waals surface area contributed by atoms with Crippen molar-refractivity contribution in [3.05, 3.63) is 36.2 Å². The van der Waals surface area contributed by atoms with E-state index in [1.54, 1.807) is 24.3 Å². The summed E-state index contributed by atoms with van der Waals surface area (Å²) < 4.78 is 49.3. The molecule has 31 heavy (non-hydrogen) atoms. The van der Waals surface area contributed by atoms with Crippen molar-refractivity contribution in [1.29, 1.82) is 0 Å². The highest BCUT2D eigenvalue weighted by atomic mass is 19.3. The number of halogens is 2. The Hall–Kier alpha value is -2.19. The van der Waals surface area contributed by atoms with Crippen LogP contribution < -0.4 is 5.32 Å². The van der Waals surface area contributed by atoms with Crippen LogP contribution in [0.15, 0.2) is 30.5 Å². The fraction of sp³-hybridized carbons (Fsp3) is 0.609. The molecule has 0 aromatic carbocycles. The maximum atomic E-state index is 13.2. The first-order valence-corrected chi connectivity index (χ1v) is 11.1. The summed E-state index contributed by atoms with van der Waals surface area (Å²) in [5.41, 5.74) is 0.375. The molecule has 8 heteroatoms. The fourth-order valence-electron chi connectivity index (χ4n) is 5.18. The highest BCUT2D eigenvalue weighted by molar-refractivity contribution is 5.62. The molecule has 2 saturated heterocycles. The van der Waals surface area contributed by atoms with Gasteiger partial charge in [0.1, 0.15) is 11.5 Å². The molecule has 1 saturated carbocycles. The molecule has 0 radical (unpaired) electrons. The number of hydrogen-bond donors (Lipinski definition) is 1. The van der Waals surface area contributed by atoms with Gasteiger partial charge in [-0.15, -0.1) is 10.2 Å². The van der Waals surface area contributed by atoms with Gasteiger partial charge in [-0.05, 0) is 67.7 Å². The second kappa shape index (κ2) is 9.12. The van der Waals surface area contributed by atoms with Gasteiger partial charge in [0.15, 0.2) is 0 Å². The van der Waals surface area contributed by atoms with E-state index in [9.17, 15) is 8.78 Å². The molecule has 166 valence electrons. The standard InChI is InChI=1S/C23H29F2N5O/c24-23(25)22-19(2-1-7-26-22)20-3-4-21(29-28-20)27-18-10-16-13-30(14-17(16)11-18)12-15-5-8-31-9-6-15/h1-4,7,15-18,23H,5-6,8-14H2,(H,27,29)/t16-,17+,18?/i12D2. The minimum atomic E-state index is -2.67. The maximum absolute atomic E-state index is 13.2. The molecule has 3 atom stereocenters. The van der Waals surface area contributed by atoms with E-state index in [0.29, 0.717) is 42.1 Å². The summed E-state index contributed by atoms with van der Waals surface area (Å²) in [4.78, 5) is 5.83. The third-order valence-corrected chi connectivity index (χ3v) is 6.68. The Morgan fingerprint density at radius 1 is 1.13 bits per heavy atom. The second-order valence-electron chi connectivity index (χ2n) is 8.79. The molecule has 0 amide bonds. The van der Waals surface area contributed by atoms with Gasteiger partial charge in [0.25, 0.3) is 6.43 Å². The maximum Gasteiger partial charge on any atom is 0.281 e. The van der Waals surface area contributed by atoms with Crippen molar-refractivity contribution >= 4 is 5.82 Å². The van der Waals surface area contributed by atoms with Gasteiger partial charge in [0, 0.05) is 53.3 Å². The Balaban J connectivity index is 1.18. The van der Waals surface area contributed by atoms with Crippen LogP contribution in [0.5, 0.6) is 0 Å². The van der Waals surface area contributed by atoms with E-state index < -0.39 is 12.9 Å². The summed E-state index contributed by atoms with van der Waals surface area (Å²) >= 11 is 0. The summed E-state index contributed by atoms with van der Waals surface area (Å²) in [6.07, 6.45) is 2.18. The van der Waals surface area contributed by atoms with Crippen LogP contribution in [0.2, 0.25) is 0 Å². The normalized spacial score (nSPS) is 28.4. The predicted molar refractivity (Wildman–Crippen MR) is 114 cm³/mol. The molecule has 4 heterocycles. The van der Waals surface area contributed by atoms with Crippen LogP contribution in [0.4, 0.5) is 14.6 Å². The van der Waals surface area contributed by atoms with E-state index in [-0.39, 0.29) is 17.7 Å². The first-order valence-electron chi connectivity index (χ1n) is 12.1. The minimum Gasteiger partial charge on any atom is -0.381 e. The molecular weight excluding hydrogens is 400 g/mol. The van der Waals surface area contributed by atoms with Crippen LogP contribution in [0.3, 0.4) is 0 Å². The molecule has 1 aliphatic carbocycles. The Labute approximate surface area is 184 Å². The van der Waals surface area contributed by atoms with Crippen molar-refractivity contribution in [3.63, 3.8) is 0 Å². The van der Waals surface area contributed by atoms with Crippen LogP contribution in [-0.2, 0) is 4.74 Å². The molecule has 1 N–H and O–H groups in total. The van der Waals surface area contributed by atoms with Crippen LogP contribution in [0, 0.1) is 17.8 Å². The van der Waals surface area contributed by atoms with E-state index >= 15 is 0 Å². The third-order valence-electron chi connectivity index (χ3n) is 6.68. The van der Waals surface area contributed by atoms with E-state index in [1.165, 1.54) is 6.20 Å². The number of aromatic nitrogens is 3. The Kier molecular flexibility index (Phi) is 5.41. The van der Waals surface area contributed by atoms with Crippen LogP contribution in [0.1, 0.15) is 40.5 Å². The number of fused-ring (bicyclic) bond motifs is 1. The highest BCUT2D eigenvalue weighted by Crippen LogP contribution is 2.39. The van der Waals surface area contributed by atoms with Crippen LogP contribution >= 0.6 is 0 Å². The van der Waals surface area contributed by atoms with Gasteiger partial charge in [-0.2, -0.15) is 0 Å². The SMILES string of the molecule is [2H]C([2H])(C1CCOCC1)N1C[C@H]2CC(Nc3ccc(-c4cccnc4C(F)F)nn3)C[C@H]2C1. The lowest BCUT2D eigenvalue weighted by Crippen LogP contribution is -2.32. The molecule has 1 unspecified atom stereocenters. The number of hydrogen-bond acceptors (Lipinski definition) is 6. The van der Waals surface area contributed by atoms with Crippen LogP contribution in [-0.4, -0.2) is 58.9 Å². The van der Waals surface area contributed by atoms with Crippen molar-refractivity contribution in [2.75, 3.05) is 38.1 Å². The molecule has 5 rings (SSSR count). The van der Waals surface area contributed by atoms with Crippen molar-refractivity contribution in [3.8, 4) is 11.3 Å². The van der Waals surface area contributed by atoms with Crippen LogP contribution in [0.25, 0.3) is 11.3 Å². The second-order valence-corrected chi connectivity index (χ2v) is 8.79. The molecule has 2 aromatic heterocycles. The molecule has 6 nitrogen and oxygen atoms in total. The lowest BCUT2D eigenvalue weighted by molar-refractivity contribution is 0.0545. The molecular formula is C23H29F2N5O. The summed E-state index contributed by atoms with van der Waals surface area (Å²) in [6.45, 7) is 1.61. The number of ether oxygens (including phenoxy) is 1. The largest absolute Gasteiger partial charge is 0.381 e. The topological polar surface area (TPSA) is 63.2 Å². The van der Waals surface area contributed by atoms with Crippen molar-refractivity contribution in [1.82, 2.24) is 20.1 Å². The molecule has 3 aliphatic rings. The molecule has 0 spiro atoms. The summed E-state index contributed by atoms with van der Waals surface area (Å²) in [7, 11) is 0. The number of alkyl halides is 2. The first kappa shape index (κ1) is 18.4. The van der Waals surface area contributed by atoms with Gasteiger partial charge in [-0.1, -0.05) is 0 Å². The summed E-state index contributed by atoms with van der Waals surface area (Å²) in [6, 6.07) is 6.91. The lowest BCUT2D eigenvalue weighted by atomic mass is 10.00. The number of nitrogens with zero attached hydrogens (tertiary/aromatic N) is 4. The fourth-order valence-corrected chi connectivity index (χ4v) is 5.18. The van der Waals surface area contributed by atoms with Crippen molar-refractivity contribution in [2.24, 2.45) is 17.8 Å². The number of pyridine rings is 1. The van der Waals surface area contributed by atoms with Crippen molar-refractivity contribution in [2.45, 2.75) is 38.2 Å². The van der Waals surface area contributed by atoms with E-state index in [0.717, 1.165) is 38.8 Å². The first-order chi connectivity index (χ1) is 15.9. The minimum absolute atomic E-state index is 0.0400. The summed E-state index contributed by atoms with van der Waals surface area (Å²) in [5.74, 6) is 1.60. The number of nitrogens with one attached hydrogen (secondary N) is 1. The molecule has 2 aromatic rings. The third kappa shape index (κ3) is 4.70. The monoisotopic (exact) mass is 431 g/mol. The lowest BCUT2D eigenvalue weighted by Gasteiger charge is -2.27. The van der Waals surface area contributed by atoms with Gasteiger partial charge in [0.2, 0.25) is 0 Å². The van der Waals surface area contributed by atoms with Crippen molar-refractivity contribution < 1.29 is 16.3 Å². The quantitative estimate of drug-likeness (QED) is 0.745. The molecule has 0 bridgehead atoms. The number of anilines is 1. The van der Waals surface area contributed by atoms with Gasteiger partial charge in [-0.25, -0.2) is 8.78 Å². The van der Waals surface area contributed by atoms with E-state index in [4.69, 9.17) is 7.48 Å². The Morgan fingerprint density at radius 2 is 1.90 bits per heavy atom. The van der Waals surface area contributed by atoms with Gasteiger partial charge < -0.3 is 15.0 Å². The Bertz CT molecular complexity index is 944.